The van der Waals surface area contributed by atoms with Crippen molar-refractivity contribution in [2.24, 2.45) is 0 Å². The Labute approximate surface area is 198 Å². The highest BCUT2D eigenvalue weighted by molar-refractivity contribution is 8.00. The first-order valence-electron chi connectivity index (χ1n) is 10.9. The van der Waals surface area contributed by atoms with Gasteiger partial charge in [0.05, 0.1) is 16.0 Å². The SMILES string of the molecule is Cc1cc(C)c(NC(=O)C(C)Sc2nnc(N3CCCC3)n2-c2ccccc2Cl)c(C)c1. The number of rotatable bonds is 6. The maximum absolute atomic E-state index is 13.1. The maximum Gasteiger partial charge on any atom is 0.237 e. The minimum atomic E-state index is -0.369. The van der Waals surface area contributed by atoms with Gasteiger partial charge in [0, 0.05) is 18.8 Å². The van der Waals surface area contributed by atoms with E-state index in [1.807, 2.05) is 49.6 Å². The molecule has 0 aliphatic carbocycles. The van der Waals surface area contributed by atoms with Crippen molar-refractivity contribution < 1.29 is 4.79 Å². The third-order valence-corrected chi connectivity index (χ3v) is 7.04. The predicted molar refractivity (Wildman–Crippen MR) is 132 cm³/mol. The summed E-state index contributed by atoms with van der Waals surface area (Å²) in [6, 6.07) is 11.8. The van der Waals surface area contributed by atoms with Crippen LogP contribution in [0.15, 0.2) is 41.6 Å². The summed E-state index contributed by atoms with van der Waals surface area (Å²) in [7, 11) is 0. The summed E-state index contributed by atoms with van der Waals surface area (Å²) < 4.78 is 1.98. The number of carbonyl (C=O) groups excluding carboxylic acids is 1. The van der Waals surface area contributed by atoms with Crippen molar-refractivity contribution in [3.05, 3.63) is 58.1 Å². The van der Waals surface area contributed by atoms with Crippen molar-refractivity contribution in [3.63, 3.8) is 0 Å². The highest BCUT2D eigenvalue weighted by Crippen LogP contribution is 2.34. The zero-order chi connectivity index (χ0) is 22.8. The Morgan fingerprint density at radius 3 is 2.41 bits per heavy atom. The Morgan fingerprint density at radius 1 is 1.09 bits per heavy atom. The summed E-state index contributed by atoms with van der Waals surface area (Å²) in [4.78, 5) is 15.3. The van der Waals surface area contributed by atoms with E-state index < -0.39 is 0 Å². The molecule has 0 radical (unpaired) electrons. The zero-order valence-electron chi connectivity index (χ0n) is 18.9. The average molecular weight is 470 g/mol. The number of anilines is 2. The normalized spacial score (nSPS) is 14.6. The number of halogens is 1. The number of carbonyl (C=O) groups is 1. The van der Waals surface area contributed by atoms with E-state index in [-0.39, 0.29) is 11.2 Å². The molecular weight excluding hydrogens is 442 g/mol. The molecule has 1 amide bonds. The van der Waals surface area contributed by atoms with Gasteiger partial charge in [0.1, 0.15) is 0 Å². The molecule has 8 heteroatoms. The van der Waals surface area contributed by atoms with Crippen molar-refractivity contribution >= 4 is 40.9 Å². The van der Waals surface area contributed by atoms with Crippen molar-refractivity contribution in [2.45, 2.75) is 50.9 Å². The van der Waals surface area contributed by atoms with Crippen molar-refractivity contribution in [2.75, 3.05) is 23.3 Å². The molecule has 1 aromatic heterocycles. The van der Waals surface area contributed by atoms with Crippen molar-refractivity contribution in [3.8, 4) is 5.69 Å². The standard InChI is InChI=1S/C24H28ClN5OS/c1-15-13-16(2)21(17(3)14-15)26-22(31)18(4)32-24-28-27-23(29-11-7-8-12-29)30(24)20-10-6-5-9-19(20)25/h5-6,9-10,13-14,18H,7-8,11-12H2,1-4H3,(H,26,31). The van der Waals surface area contributed by atoms with E-state index in [0.717, 1.165) is 54.4 Å². The van der Waals surface area contributed by atoms with Crippen LogP contribution in [0.5, 0.6) is 0 Å². The molecule has 1 fully saturated rings. The molecule has 2 aromatic carbocycles. The fourth-order valence-corrected chi connectivity index (χ4v) is 5.19. The number of thioether (sulfide) groups is 1. The molecule has 0 bridgehead atoms. The van der Waals surface area contributed by atoms with Gasteiger partial charge in [-0.05, 0) is 63.8 Å². The van der Waals surface area contributed by atoms with Crippen LogP contribution in [0.1, 0.15) is 36.5 Å². The van der Waals surface area contributed by atoms with E-state index in [1.165, 1.54) is 17.3 Å². The summed E-state index contributed by atoms with van der Waals surface area (Å²) in [5, 5.41) is 12.9. The molecule has 168 valence electrons. The Hall–Kier alpha value is -2.51. The van der Waals surface area contributed by atoms with Gasteiger partial charge in [-0.2, -0.15) is 0 Å². The van der Waals surface area contributed by atoms with Gasteiger partial charge in [0.2, 0.25) is 11.9 Å². The van der Waals surface area contributed by atoms with Gasteiger partial charge in [0.15, 0.2) is 5.16 Å². The fourth-order valence-electron chi connectivity index (χ4n) is 4.12. The van der Waals surface area contributed by atoms with Crippen LogP contribution in [0.4, 0.5) is 11.6 Å². The number of amides is 1. The molecule has 1 atom stereocenters. The number of nitrogens with zero attached hydrogens (tertiary/aromatic N) is 4. The molecule has 3 aromatic rings. The van der Waals surface area contributed by atoms with Crippen molar-refractivity contribution in [1.82, 2.24) is 14.8 Å². The fraction of sp³-hybridized carbons (Fsp3) is 0.375. The molecule has 32 heavy (non-hydrogen) atoms. The van der Waals surface area contributed by atoms with E-state index >= 15 is 0 Å². The molecule has 1 N–H and O–H groups in total. The summed E-state index contributed by atoms with van der Waals surface area (Å²) in [6.07, 6.45) is 2.26. The lowest BCUT2D eigenvalue weighted by Crippen LogP contribution is -2.24. The van der Waals surface area contributed by atoms with E-state index in [4.69, 9.17) is 11.6 Å². The molecule has 0 saturated carbocycles. The number of aromatic nitrogens is 3. The largest absolute Gasteiger partial charge is 0.341 e. The topological polar surface area (TPSA) is 63.1 Å². The number of hydrogen-bond acceptors (Lipinski definition) is 5. The Kier molecular flexibility index (Phi) is 6.76. The van der Waals surface area contributed by atoms with Crippen LogP contribution in [0, 0.1) is 20.8 Å². The van der Waals surface area contributed by atoms with Gasteiger partial charge in [-0.25, -0.2) is 0 Å². The zero-order valence-corrected chi connectivity index (χ0v) is 20.4. The minimum absolute atomic E-state index is 0.0681. The Bertz CT molecular complexity index is 1120. The maximum atomic E-state index is 13.1. The number of benzene rings is 2. The van der Waals surface area contributed by atoms with E-state index in [1.54, 1.807) is 0 Å². The van der Waals surface area contributed by atoms with Crippen LogP contribution < -0.4 is 10.2 Å². The number of nitrogens with one attached hydrogen (secondary N) is 1. The molecule has 1 unspecified atom stereocenters. The van der Waals surface area contributed by atoms with Gasteiger partial charge in [-0.3, -0.25) is 9.36 Å². The number of hydrogen-bond donors (Lipinski definition) is 1. The number of aryl methyl sites for hydroxylation is 3. The predicted octanol–water partition coefficient (Wildman–Crippen LogP) is 5.57. The van der Waals surface area contributed by atoms with E-state index in [2.05, 4.69) is 39.5 Å². The monoisotopic (exact) mass is 469 g/mol. The van der Waals surface area contributed by atoms with Crippen LogP contribution in [-0.2, 0) is 4.79 Å². The first-order valence-corrected chi connectivity index (χ1v) is 12.1. The smallest absolute Gasteiger partial charge is 0.237 e. The molecule has 4 rings (SSSR count). The van der Waals surface area contributed by atoms with E-state index in [0.29, 0.717) is 10.2 Å². The lowest BCUT2D eigenvalue weighted by Gasteiger charge is -2.20. The van der Waals surface area contributed by atoms with Gasteiger partial charge in [0.25, 0.3) is 0 Å². The molecule has 6 nitrogen and oxygen atoms in total. The molecule has 2 heterocycles. The second-order valence-corrected chi connectivity index (χ2v) is 10.0. The Balaban J connectivity index is 1.61. The minimum Gasteiger partial charge on any atom is -0.341 e. The molecule has 1 aliphatic rings. The van der Waals surface area contributed by atoms with E-state index in [9.17, 15) is 4.79 Å². The van der Waals surface area contributed by atoms with Gasteiger partial charge in [-0.1, -0.05) is 53.2 Å². The second-order valence-electron chi connectivity index (χ2n) is 8.29. The van der Waals surface area contributed by atoms with Crippen molar-refractivity contribution in [1.29, 1.82) is 0 Å². The van der Waals surface area contributed by atoms with Crippen LogP contribution in [0.2, 0.25) is 5.02 Å². The molecule has 0 spiro atoms. The summed E-state index contributed by atoms with van der Waals surface area (Å²) in [6.45, 7) is 9.86. The summed E-state index contributed by atoms with van der Waals surface area (Å²) in [5.41, 5.74) is 5.00. The van der Waals surface area contributed by atoms with Crippen LogP contribution >= 0.6 is 23.4 Å². The first-order chi connectivity index (χ1) is 15.3. The third kappa shape index (κ3) is 4.64. The second kappa shape index (κ2) is 9.55. The van der Waals surface area contributed by atoms with Gasteiger partial charge >= 0.3 is 0 Å². The molecular formula is C24H28ClN5OS. The highest BCUT2D eigenvalue weighted by atomic mass is 35.5. The van der Waals surface area contributed by atoms with Crippen LogP contribution in [0.3, 0.4) is 0 Å². The lowest BCUT2D eigenvalue weighted by atomic mass is 10.1. The van der Waals surface area contributed by atoms with Gasteiger partial charge < -0.3 is 10.2 Å². The lowest BCUT2D eigenvalue weighted by molar-refractivity contribution is -0.115. The number of para-hydroxylation sites is 1. The quantitative estimate of drug-likeness (QED) is 0.478. The van der Waals surface area contributed by atoms with Crippen LogP contribution in [-0.4, -0.2) is 39.0 Å². The highest BCUT2D eigenvalue weighted by Gasteiger charge is 2.26. The third-order valence-electron chi connectivity index (χ3n) is 5.68. The summed E-state index contributed by atoms with van der Waals surface area (Å²) >= 11 is 7.92. The average Bonchev–Trinajstić information content (AvgIpc) is 3.41. The Morgan fingerprint density at radius 2 is 1.75 bits per heavy atom. The summed E-state index contributed by atoms with van der Waals surface area (Å²) in [5.74, 6) is 0.706. The van der Waals surface area contributed by atoms with Gasteiger partial charge in [-0.15, -0.1) is 10.2 Å². The van der Waals surface area contributed by atoms with Crippen LogP contribution in [0.25, 0.3) is 5.69 Å². The molecule has 1 saturated heterocycles. The molecule has 1 aliphatic heterocycles. The first kappa shape index (κ1) is 22.7.